The van der Waals surface area contributed by atoms with Gasteiger partial charge in [0, 0.05) is 16.0 Å². The minimum Gasteiger partial charge on any atom is -0.392 e. The molecule has 1 atom stereocenters. The number of rotatable bonds is 1. The predicted molar refractivity (Wildman–Crippen MR) is 75.4 cm³/mol. The molecule has 0 radical (unpaired) electrons. The summed E-state index contributed by atoms with van der Waals surface area (Å²) in [7, 11) is 0. The first-order valence-corrected chi connectivity index (χ1v) is 6.61. The zero-order valence-electron chi connectivity index (χ0n) is 9.82. The van der Waals surface area contributed by atoms with Gasteiger partial charge in [-0.15, -0.1) is 0 Å². The molecule has 1 aliphatic carbocycles. The Hall–Kier alpha value is -1.02. The summed E-state index contributed by atoms with van der Waals surface area (Å²) in [5.74, 6) is 0.00420. The lowest BCUT2D eigenvalue weighted by Crippen LogP contribution is -2.13. The smallest absolute Gasteiger partial charge is 0.0621 e. The minimum atomic E-state index is -0.438. The summed E-state index contributed by atoms with van der Waals surface area (Å²) in [4.78, 5) is 0. The molecule has 2 aromatic carbocycles. The average molecular weight is 279 g/mol. The van der Waals surface area contributed by atoms with Crippen LogP contribution in [0.5, 0.6) is 0 Å². The van der Waals surface area contributed by atoms with Crippen LogP contribution in [0.15, 0.2) is 36.4 Å². The van der Waals surface area contributed by atoms with Crippen molar-refractivity contribution in [3.8, 4) is 11.1 Å². The maximum Gasteiger partial charge on any atom is 0.0621 e. The van der Waals surface area contributed by atoms with Gasteiger partial charge in [0.15, 0.2) is 0 Å². The normalized spacial score (nSPS) is 15.3. The Morgan fingerprint density at radius 1 is 0.944 bits per heavy atom. The van der Waals surface area contributed by atoms with Crippen LogP contribution in [0, 0.1) is 0 Å². The summed E-state index contributed by atoms with van der Waals surface area (Å²) < 4.78 is 0. The summed E-state index contributed by atoms with van der Waals surface area (Å²) in [6, 6.07) is 11.6. The van der Waals surface area contributed by atoms with Crippen molar-refractivity contribution in [2.45, 2.75) is 18.9 Å². The first-order valence-electron chi connectivity index (χ1n) is 5.85. The third-order valence-corrected chi connectivity index (χ3v) is 3.94. The maximum atomic E-state index is 10.0. The highest BCUT2D eigenvalue weighted by atomic mass is 35.5. The molecule has 3 rings (SSSR count). The van der Waals surface area contributed by atoms with Crippen LogP contribution in [0.3, 0.4) is 0 Å². The molecule has 0 saturated carbocycles. The molecule has 1 unspecified atom stereocenters. The zero-order valence-corrected chi connectivity index (χ0v) is 11.3. The molecule has 0 aromatic heterocycles. The average Bonchev–Trinajstić information content (AvgIpc) is 2.62. The second-order valence-electron chi connectivity index (χ2n) is 4.68. The highest BCUT2D eigenvalue weighted by Crippen LogP contribution is 2.47. The van der Waals surface area contributed by atoms with Gasteiger partial charge >= 0.3 is 0 Å². The van der Waals surface area contributed by atoms with Crippen LogP contribution in [0.25, 0.3) is 11.1 Å². The SMILES string of the molecule is CC(O)C1c2ccc(Cl)cc2-c2cc(Cl)ccc21. The molecule has 0 bridgehead atoms. The molecule has 0 amide bonds. The molecule has 1 N–H and O–H groups in total. The number of hydrogen-bond acceptors (Lipinski definition) is 1. The fraction of sp³-hybridized carbons (Fsp3) is 0.200. The molecule has 1 nitrogen and oxygen atoms in total. The highest BCUT2D eigenvalue weighted by molar-refractivity contribution is 6.31. The summed E-state index contributed by atoms with van der Waals surface area (Å²) in [6.07, 6.45) is -0.438. The highest BCUT2D eigenvalue weighted by Gasteiger charge is 2.31. The molecule has 0 spiro atoms. The van der Waals surface area contributed by atoms with Gasteiger partial charge in [0.2, 0.25) is 0 Å². The first kappa shape index (κ1) is 12.0. The molecule has 0 aliphatic heterocycles. The Balaban J connectivity index is 2.31. The molecule has 92 valence electrons. The van der Waals surface area contributed by atoms with E-state index in [0.29, 0.717) is 10.0 Å². The summed E-state index contributed by atoms with van der Waals surface area (Å²) in [5, 5.41) is 11.4. The van der Waals surface area contributed by atoms with Crippen molar-refractivity contribution < 1.29 is 5.11 Å². The number of aliphatic hydroxyl groups excluding tert-OH is 1. The molecule has 3 heteroatoms. The van der Waals surface area contributed by atoms with Crippen LogP contribution in [-0.2, 0) is 0 Å². The van der Waals surface area contributed by atoms with Gasteiger partial charge in [0.1, 0.15) is 0 Å². The van der Waals surface area contributed by atoms with E-state index in [2.05, 4.69) is 0 Å². The van der Waals surface area contributed by atoms with Crippen molar-refractivity contribution in [3.05, 3.63) is 57.6 Å². The lowest BCUT2D eigenvalue weighted by molar-refractivity contribution is 0.178. The Bertz CT molecular complexity index is 568. The van der Waals surface area contributed by atoms with E-state index in [1.807, 2.05) is 43.3 Å². The van der Waals surface area contributed by atoms with Gasteiger partial charge in [0.05, 0.1) is 6.10 Å². The molecular weight excluding hydrogens is 267 g/mol. The van der Waals surface area contributed by atoms with E-state index in [-0.39, 0.29) is 5.92 Å². The third-order valence-electron chi connectivity index (χ3n) is 3.47. The van der Waals surface area contributed by atoms with E-state index in [1.54, 1.807) is 0 Å². The van der Waals surface area contributed by atoms with Gasteiger partial charge in [-0.1, -0.05) is 35.3 Å². The van der Waals surface area contributed by atoms with Gasteiger partial charge in [-0.3, -0.25) is 0 Å². The summed E-state index contributed by atoms with van der Waals surface area (Å²) in [6.45, 7) is 1.81. The molecule has 0 heterocycles. The Kier molecular flexibility index (Phi) is 2.86. The van der Waals surface area contributed by atoms with E-state index < -0.39 is 6.10 Å². The second-order valence-corrected chi connectivity index (χ2v) is 5.55. The van der Waals surface area contributed by atoms with Crippen LogP contribution >= 0.6 is 23.2 Å². The Morgan fingerprint density at radius 3 is 1.78 bits per heavy atom. The lowest BCUT2D eigenvalue weighted by atomic mass is 9.92. The van der Waals surface area contributed by atoms with Crippen molar-refractivity contribution >= 4 is 23.2 Å². The summed E-state index contributed by atoms with van der Waals surface area (Å²) in [5.41, 5.74) is 4.38. The van der Waals surface area contributed by atoms with E-state index in [4.69, 9.17) is 23.2 Å². The van der Waals surface area contributed by atoms with Gasteiger partial charge in [-0.05, 0) is 53.4 Å². The second kappa shape index (κ2) is 4.27. The van der Waals surface area contributed by atoms with E-state index in [9.17, 15) is 5.11 Å². The monoisotopic (exact) mass is 278 g/mol. The number of hydrogen-bond donors (Lipinski definition) is 1. The molecule has 0 saturated heterocycles. The zero-order chi connectivity index (χ0) is 12.9. The van der Waals surface area contributed by atoms with Crippen molar-refractivity contribution in [2.75, 3.05) is 0 Å². The number of benzene rings is 2. The van der Waals surface area contributed by atoms with E-state index >= 15 is 0 Å². The van der Waals surface area contributed by atoms with Crippen LogP contribution in [0.1, 0.15) is 24.0 Å². The topological polar surface area (TPSA) is 20.2 Å². The maximum absolute atomic E-state index is 10.0. The van der Waals surface area contributed by atoms with Crippen LogP contribution in [0.4, 0.5) is 0 Å². The number of halogens is 2. The van der Waals surface area contributed by atoms with Crippen molar-refractivity contribution in [3.63, 3.8) is 0 Å². The quantitative estimate of drug-likeness (QED) is 0.815. The molecule has 1 aliphatic rings. The largest absolute Gasteiger partial charge is 0.392 e. The molecule has 2 aromatic rings. The van der Waals surface area contributed by atoms with Crippen molar-refractivity contribution in [1.29, 1.82) is 0 Å². The molecule has 18 heavy (non-hydrogen) atoms. The van der Waals surface area contributed by atoms with Gasteiger partial charge in [-0.2, -0.15) is 0 Å². The van der Waals surface area contributed by atoms with Gasteiger partial charge in [-0.25, -0.2) is 0 Å². The number of fused-ring (bicyclic) bond motifs is 3. The van der Waals surface area contributed by atoms with Crippen LogP contribution in [0.2, 0.25) is 10.0 Å². The van der Waals surface area contributed by atoms with Gasteiger partial charge in [0.25, 0.3) is 0 Å². The number of aliphatic hydroxyl groups is 1. The summed E-state index contributed by atoms with van der Waals surface area (Å²) >= 11 is 12.1. The first-order chi connectivity index (χ1) is 8.58. The Morgan fingerprint density at radius 2 is 1.39 bits per heavy atom. The fourth-order valence-corrected chi connectivity index (χ4v) is 3.10. The predicted octanol–water partition coefficient (Wildman–Crippen LogP) is 4.49. The van der Waals surface area contributed by atoms with E-state index in [1.165, 1.54) is 0 Å². The van der Waals surface area contributed by atoms with Crippen LogP contribution < -0.4 is 0 Å². The van der Waals surface area contributed by atoms with Crippen molar-refractivity contribution in [2.24, 2.45) is 0 Å². The standard InChI is InChI=1S/C15H12Cl2O/c1-8(18)15-11-4-2-9(16)6-13(11)14-7-10(17)3-5-12(14)15/h2-8,15,18H,1H3. The Labute approximate surface area is 116 Å². The fourth-order valence-electron chi connectivity index (χ4n) is 2.75. The van der Waals surface area contributed by atoms with Crippen LogP contribution in [-0.4, -0.2) is 11.2 Å². The lowest BCUT2D eigenvalue weighted by Gasteiger charge is -2.16. The van der Waals surface area contributed by atoms with Crippen molar-refractivity contribution in [1.82, 2.24) is 0 Å². The third kappa shape index (κ3) is 1.74. The molecule has 0 fully saturated rings. The minimum absolute atomic E-state index is 0.00420. The van der Waals surface area contributed by atoms with E-state index in [0.717, 1.165) is 22.3 Å². The van der Waals surface area contributed by atoms with Gasteiger partial charge < -0.3 is 5.11 Å². The molecular formula is C15H12Cl2O.